The number of hydrogen-bond acceptors (Lipinski definition) is 12. The van der Waals surface area contributed by atoms with Crippen molar-refractivity contribution in [3.05, 3.63) is 102 Å². The molecule has 0 bridgehead atoms. The number of carbonyl (C=O) groups excluding carboxylic acids is 3. The van der Waals surface area contributed by atoms with Gasteiger partial charge < -0.3 is 35.1 Å². The Kier molecular flexibility index (Phi) is 14.6. The van der Waals surface area contributed by atoms with Crippen molar-refractivity contribution in [3.63, 3.8) is 0 Å². The van der Waals surface area contributed by atoms with Crippen molar-refractivity contribution in [2.75, 3.05) is 51.9 Å². The van der Waals surface area contributed by atoms with E-state index >= 15 is 0 Å². The number of thiazole rings is 2. The van der Waals surface area contributed by atoms with E-state index in [4.69, 9.17) is 19.2 Å². The summed E-state index contributed by atoms with van der Waals surface area (Å²) >= 11 is 3.24. The fourth-order valence-corrected chi connectivity index (χ4v) is 9.06. The normalized spacial score (nSPS) is 14.5. The van der Waals surface area contributed by atoms with E-state index in [9.17, 15) is 14.4 Å². The number of ether oxygens (including phenoxy) is 3. The highest BCUT2D eigenvalue weighted by Crippen LogP contribution is 2.34. The van der Waals surface area contributed by atoms with Crippen LogP contribution in [0.5, 0.6) is 5.75 Å². The number of pyridine rings is 1. The number of fused-ring (bicyclic) bond motifs is 1. The number of likely N-dealkylation sites (tertiary alicyclic amines) is 1. The van der Waals surface area contributed by atoms with Gasteiger partial charge in [0, 0.05) is 37.0 Å². The Bertz CT molecular complexity index is 2450. The molecule has 1 fully saturated rings. The molecule has 324 valence electrons. The van der Waals surface area contributed by atoms with Crippen LogP contribution in [0.2, 0.25) is 0 Å². The monoisotopic (exact) mass is 875 g/mol. The van der Waals surface area contributed by atoms with Crippen molar-refractivity contribution in [1.82, 2.24) is 30.5 Å². The first-order valence-corrected chi connectivity index (χ1v) is 22.4. The highest BCUT2D eigenvalue weighted by molar-refractivity contribution is 7.21. The molecule has 0 spiro atoms. The van der Waals surface area contributed by atoms with Crippen LogP contribution in [0.25, 0.3) is 42.4 Å². The summed E-state index contributed by atoms with van der Waals surface area (Å²) < 4.78 is 17.7. The second-order valence-electron chi connectivity index (χ2n) is 16.2. The number of carbonyl (C=O) groups is 3. The molecule has 4 heterocycles. The molecule has 0 radical (unpaired) electrons. The molecule has 1 aliphatic rings. The van der Waals surface area contributed by atoms with Crippen molar-refractivity contribution >= 4 is 56.4 Å². The van der Waals surface area contributed by atoms with E-state index in [1.807, 2.05) is 94.0 Å². The van der Waals surface area contributed by atoms with Crippen molar-refractivity contribution in [3.8, 4) is 37.9 Å². The largest absolute Gasteiger partial charge is 0.497 e. The zero-order valence-corrected chi connectivity index (χ0v) is 37.4. The lowest BCUT2D eigenvalue weighted by molar-refractivity contribution is -0.144. The lowest BCUT2D eigenvalue weighted by Gasteiger charge is -2.35. The maximum atomic E-state index is 13.9. The van der Waals surface area contributed by atoms with Gasteiger partial charge in [-0.05, 0) is 72.2 Å². The molecular weight excluding hydrogens is 823 g/mol. The van der Waals surface area contributed by atoms with Crippen LogP contribution in [0, 0.1) is 12.3 Å². The van der Waals surface area contributed by atoms with E-state index in [0.29, 0.717) is 45.7 Å². The third-order valence-corrected chi connectivity index (χ3v) is 12.7. The minimum Gasteiger partial charge on any atom is -0.497 e. The predicted octanol–water partition coefficient (Wildman–Crippen LogP) is 7.75. The second kappa shape index (κ2) is 20.4. The van der Waals surface area contributed by atoms with Gasteiger partial charge in [-0.1, -0.05) is 69.3 Å². The molecule has 3 amide bonds. The summed E-state index contributed by atoms with van der Waals surface area (Å²) in [5.74, 6) is 0.677. The highest BCUT2D eigenvalue weighted by atomic mass is 32.1. The first kappa shape index (κ1) is 44.3. The third kappa shape index (κ3) is 11.2. The van der Waals surface area contributed by atoms with Crippen molar-refractivity contribution in [2.24, 2.45) is 5.41 Å². The Labute approximate surface area is 370 Å². The fourth-order valence-electron chi connectivity index (χ4n) is 7.25. The zero-order valence-electron chi connectivity index (χ0n) is 35.7. The van der Waals surface area contributed by atoms with Gasteiger partial charge in [0.2, 0.25) is 17.7 Å². The van der Waals surface area contributed by atoms with Crippen molar-refractivity contribution < 1.29 is 28.6 Å². The Hall–Kier alpha value is -5.74. The summed E-state index contributed by atoms with van der Waals surface area (Å²) in [6.07, 6.45) is 3.11. The number of aromatic nitrogens is 3. The van der Waals surface area contributed by atoms with Gasteiger partial charge in [-0.2, -0.15) is 0 Å². The molecule has 3 N–H and O–H groups in total. The quantitative estimate of drug-likeness (QED) is 0.0730. The van der Waals surface area contributed by atoms with E-state index in [1.165, 1.54) is 0 Å². The number of aryl methyl sites for hydroxylation is 1. The minimum absolute atomic E-state index is 0.202. The smallest absolute Gasteiger partial charge is 0.246 e. The van der Waals surface area contributed by atoms with E-state index in [-0.39, 0.29) is 25.0 Å². The summed E-state index contributed by atoms with van der Waals surface area (Å²) in [7, 11) is 1.67. The Balaban J connectivity index is 0.789. The number of amides is 3. The van der Waals surface area contributed by atoms with Gasteiger partial charge in [0.05, 0.1) is 53.2 Å². The maximum absolute atomic E-state index is 13.9. The van der Waals surface area contributed by atoms with Crippen LogP contribution in [-0.2, 0) is 30.4 Å². The third-order valence-electron chi connectivity index (χ3n) is 10.7. The molecule has 3 aromatic heterocycles. The van der Waals surface area contributed by atoms with Crippen LogP contribution in [0.1, 0.15) is 44.9 Å². The Morgan fingerprint density at radius 2 is 1.63 bits per heavy atom. The number of benzene rings is 3. The Morgan fingerprint density at radius 1 is 0.887 bits per heavy atom. The molecule has 6 aromatic rings. The van der Waals surface area contributed by atoms with Gasteiger partial charge >= 0.3 is 0 Å². The van der Waals surface area contributed by atoms with Gasteiger partial charge in [-0.25, -0.2) is 15.0 Å². The maximum Gasteiger partial charge on any atom is 0.246 e. The predicted molar refractivity (Wildman–Crippen MR) is 245 cm³/mol. The average molecular weight is 876 g/mol. The summed E-state index contributed by atoms with van der Waals surface area (Å²) in [4.78, 5) is 56.7. The van der Waals surface area contributed by atoms with Crippen molar-refractivity contribution in [1.29, 1.82) is 0 Å². The van der Waals surface area contributed by atoms with Crippen LogP contribution in [-0.4, -0.2) is 96.3 Å². The lowest BCUT2D eigenvalue weighted by atomic mass is 9.85. The summed E-state index contributed by atoms with van der Waals surface area (Å²) in [5, 5.41) is 10.1. The highest BCUT2D eigenvalue weighted by Gasteiger charge is 2.41. The molecular formula is C47H53N7O6S2. The van der Waals surface area contributed by atoms with Crippen molar-refractivity contribution in [2.45, 2.75) is 59.2 Å². The van der Waals surface area contributed by atoms with Gasteiger partial charge in [0.25, 0.3) is 0 Å². The lowest BCUT2D eigenvalue weighted by Crippen LogP contribution is -2.58. The van der Waals surface area contributed by atoms with E-state index in [1.54, 1.807) is 34.7 Å². The van der Waals surface area contributed by atoms with Gasteiger partial charge in [0.1, 0.15) is 35.3 Å². The number of hydrogen-bond donors (Lipinski definition) is 3. The van der Waals surface area contributed by atoms with Gasteiger partial charge in [-0.15, -0.1) is 22.7 Å². The van der Waals surface area contributed by atoms with Crippen LogP contribution in [0.3, 0.4) is 0 Å². The van der Waals surface area contributed by atoms with E-state index in [2.05, 4.69) is 50.2 Å². The molecule has 1 saturated heterocycles. The number of nitrogens with one attached hydrogen (secondary N) is 3. The van der Waals surface area contributed by atoms with Gasteiger partial charge in [-0.3, -0.25) is 14.4 Å². The van der Waals surface area contributed by atoms with E-state index in [0.717, 1.165) is 65.2 Å². The first-order valence-electron chi connectivity index (χ1n) is 20.7. The molecule has 1 aliphatic heterocycles. The molecule has 2 atom stereocenters. The molecule has 3 aromatic carbocycles. The van der Waals surface area contributed by atoms with Crippen LogP contribution < -0.4 is 20.7 Å². The SMILES string of the molecule is COc1ccc2nc(-c3ccc(-c4ccc(NCCOCCOCC(=O)NC(C(=O)N5CCC[C@H]5C(=O)NCc5ccc(-c6scnc6C)cc5)C(C)(C)C)nc4)cc3)sc2c1. The van der Waals surface area contributed by atoms with E-state index < -0.39 is 23.4 Å². The Morgan fingerprint density at radius 3 is 2.34 bits per heavy atom. The van der Waals surface area contributed by atoms with Gasteiger partial charge in [0.15, 0.2) is 0 Å². The molecule has 0 aliphatic carbocycles. The van der Waals surface area contributed by atoms with Crippen LogP contribution >= 0.6 is 22.7 Å². The first-order chi connectivity index (χ1) is 30.0. The average Bonchev–Trinajstić information content (AvgIpc) is 4.06. The summed E-state index contributed by atoms with van der Waals surface area (Å²) in [5.41, 5.74) is 8.36. The molecule has 62 heavy (non-hydrogen) atoms. The number of rotatable bonds is 18. The standard InChI is InChI=1S/C47H53N7O6S2/c1-30-42(61-29-51-30)33-10-8-31(9-11-33)26-50-44(56)38-7-6-21-54(38)46(57)43(47(2,3)4)53-41(55)28-60-24-23-59-22-20-48-40-19-16-35(27-49-40)32-12-14-34(15-13-32)45-52-37-18-17-36(58-5)25-39(37)62-45/h8-19,25,27,29,38,43H,6-7,20-24,26,28H2,1-5H3,(H,48,49)(H,50,56)(H,53,55)/t38-,43?/m0/s1. The summed E-state index contributed by atoms with van der Waals surface area (Å²) in [6.45, 7) is 9.73. The molecule has 7 rings (SSSR count). The number of methoxy groups -OCH3 is 1. The fraction of sp³-hybridized carbons (Fsp3) is 0.362. The van der Waals surface area contributed by atoms with Crippen LogP contribution in [0.15, 0.2) is 90.6 Å². The molecule has 0 saturated carbocycles. The number of anilines is 1. The topological polar surface area (TPSA) is 157 Å². The van der Waals surface area contributed by atoms with Crippen LogP contribution in [0.4, 0.5) is 5.82 Å². The molecule has 1 unspecified atom stereocenters. The number of nitrogens with zero attached hydrogens (tertiary/aromatic N) is 4. The molecule has 15 heteroatoms. The summed E-state index contributed by atoms with van der Waals surface area (Å²) in [6, 6.07) is 24.8. The second-order valence-corrected chi connectivity index (χ2v) is 18.1. The molecule has 13 nitrogen and oxygen atoms in total. The zero-order chi connectivity index (χ0) is 43.6. The minimum atomic E-state index is -0.832.